The molecule has 1 heterocycles. The van der Waals surface area contributed by atoms with Crippen LogP contribution in [-0.4, -0.2) is 16.7 Å². The van der Waals surface area contributed by atoms with Crippen molar-refractivity contribution < 1.29 is 9.59 Å². The van der Waals surface area contributed by atoms with Crippen molar-refractivity contribution in [3.05, 3.63) is 94.8 Å². The summed E-state index contributed by atoms with van der Waals surface area (Å²) in [4.78, 5) is 29.7. The van der Waals surface area contributed by atoms with E-state index >= 15 is 0 Å². The molecule has 0 radical (unpaired) electrons. The summed E-state index contributed by atoms with van der Waals surface area (Å²) in [6.45, 7) is 1.89. The lowest BCUT2D eigenvalue weighted by molar-refractivity contribution is -0.123. The first-order chi connectivity index (χ1) is 16.0. The van der Waals surface area contributed by atoms with Crippen LogP contribution in [0.25, 0.3) is 0 Å². The van der Waals surface area contributed by atoms with Crippen LogP contribution >= 0.6 is 0 Å². The second-order valence-corrected chi connectivity index (χ2v) is 9.61. The third-order valence-corrected chi connectivity index (χ3v) is 7.63. The molecule has 2 aliphatic carbocycles. The molecule has 0 aliphatic heterocycles. The molecule has 0 spiro atoms. The van der Waals surface area contributed by atoms with Crippen molar-refractivity contribution >= 4 is 17.4 Å². The molecule has 2 aromatic carbocycles. The minimum Gasteiger partial charge on any atom is -0.320 e. The molecule has 0 saturated heterocycles. The lowest BCUT2D eigenvalue weighted by Crippen LogP contribution is -2.42. The predicted molar refractivity (Wildman–Crippen MR) is 130 cm³/mol. The number of fused-ring (bicyclic) bond motifs is 3. The number of pyridine rings is 1. The van der Waals surface area contributed by atoms with Gasteiger partial charge in [-0.15, -0.1) is 0 Å². The zero-order valence-corrected chi connectivity index (χ0v) is 19.1. The van der Waals surface area contributed by atoms with E-state index in [4.69, 9.17) is 0 Å². The summed E-state index contributed by atoms with van der Waals surface area (Å²) in [6, 6.07) is 20.6. The molecular weight excluding hydrogens is 408 g/mol. The van der Waals surface area contributed by atoms with Gasteiger partial charge in [0.15, 0.2) is 0 Å². The minimum absolute atomic E-state index is 0.0456. The predicted octanol–water partition coefficient (Wildman–Crippen LogP) is 5.83. The van der Waals surface area contributed by atoms with Gasteiger partial charge in [-0.1, -0.05) is 36.4 Å². The van der Waals surface area contributed by atoms with Gasteiger partial charge < -0.3 is 5.32 Å². The zero-order valence-electron chi connectivity index (χ0n) is 19.1. The average molecular weight is 439 g/mol. The molecule has 1 aromatic heterocycles. The van der Waals surface area contributed by atoms with Crippen molar-refractivity contribution in [1.82, 2.24) is 4.98 Å². The molecule has 4 nitrogen and oxygen atoms in total. The maximum atomic E-state index is 13.1. The molecule has 2 aliphatic rings. The number of aryl methyl sites for hydroxylation is 2. The maximum Gasteiger partial charge on any atom is 0.255 e. The van der Waals surface area contributed by atoms with Crippen LogP contribution in [0.4, 0.5) is 5.69 Å². The Bertz CT molecular complexity index is 1190. The molecule has 3 aromatic rings. The van der Waals surface area contributed by atoms with Gasteiger partial charge in [-0.3, -0.25) is 14.6 Å². The van der Waals surface area contributed by atoms with Crippen LogP contribution in [0, 0.1) is 12.8 Å². The fourth-order valence-corrected chi connectivity index (χ4v) is 5.94. The zero-order chi connectivity index (χ0) is 22.8. The summed E-state index contributed by atoms with van der Waals surface area (Å²) in [5.41, 5.74) is 6.10. The lowest BCUT2D eigenvalue weighted by Gasteiger charge is -2.44. The van der Waals surface area contributed by atoms with Crippen LogP contribution in [0.2, 0.25) is 0 Å². The quantitative estimate of drug-likeness (QED) is 0.558. The largest absolute Gasteiger partial charge is 0.320 e. The molecule has 1 N–H and O–H groups in total. The van der Waals surface area contributed by atoms with Crippen molar-refractivity contribution in [2.24, 2.45) is 5.92 Å². The molecule has 1 saturated carbocycles. The number of amides is 1. The summed E-state index contributed by atoms with van der Waals surface area (Å²) < 4.78 is 0. The Morgan fingerprint density at radius 1 is 1.09 bits per heavy atom. The monoisotopic (exact) mass is 438 g/mol. The number of carbonyl (C=O) groups excluding carboxylic acids is 2. The van der Waals surface area contributed by atoms with E-state index in [-0.39, 0.29) is 11.3 Å². The number of aromatic nitrogens is 1. The highest BCUT2D eigenvalue weighted by atomic mass is 16.1. The Balaban J connectivity index is 1.52. The van der Waals surface area contributed by atoms with Gasteiger partial charge in [-0.25, -0.2) is 0 Å². The first-order valence-corrected chi connectivity index (χ1v) is 12.0. The SMILES string of the molecule is Cc1ncccc1NC(=O)c1ccc2c(c1)CCCC1CC(=O)CC[C@@]21Cc1ccccc1. The molecule has 33 heavy (non-hydrogen) atoms. The van der Waals surface area contributed by atoms with E-state index < -0.39 is 0 Å². The van der Waals surface area contributed by atoms with Crippen molar-refractivity contribution in [2.75, 3.05) is 5.32 Å². The summed E-state index contributed by atoms with van der Waals surface area (Å²) in [5.74, 6) is 0.651. The van der Waals surface area contributed by atoms with E-state index in [1.807, 2.05) is 25.1 Å². The molecular formula is C29H30N2O2. The van der Waals surface area contributed by atoms with Crippen molar-refractivity contribution in [1.29, 1.82) is 0 Å². The highest BCUT2D eigenvalue weighted by Gasteiger charge is 2.46. The van der Waals surface area contributed by atoms with Gasteiger partial charge >= 0.3 is 0 Å². The first-order valence-electron chi connectivity index (χ1n) is 12.0. The van der Waals surface area contributed by atoms with Crippen LogP contribution in [0.5, 0.6) is 0 Å². The van der Waals surface area contributed by atoms with E-state index in [1.54, 1.807) is 6.20 Å². The Morgan fingerprint density at radius 3 is 2.76 bits per heavy atom. The van der Waals surface area contributed by atoms with Crippen LogP contribution in [0.15, 0.2) is 66.9 Å². The third-order valence-electron chi connectivity index (χ3n) is 7.63. The Hall–Kier alpha value is -3.27. The van der Waals surface area contributed by atoms with Gasteiger partial charge in [0.25, 0.3) is 5.91 Å². The number of nitrogens with zero attached hydrogens (tertiary/aromatic N) is 1. The lowest BCUT2D eigenvalue weighted by atomic mass is 9.59. The molecule has 1 unspecified atom stereocenters. The highest BCUT2D eigenvalue weighted by Crippen LogP contribution is 2.50. The highest BCUT2D eigenvalue weighted by molar-refractivity contribution is 6.04. The Labute approximate surface area is 195 Å². The Morgan fingerprint density at radius 2 is 1.94 bits per heavy atom. The third kappa shape index (κ3) is 4.22. The number of hydrogen-bond acceptors (Lipinski definition) is 3. The standard InChI is InChI=1S/C29H30N2O2/c1-20-27(11-6-16-30-20)31-28(33)23-12-13-26-22(17-23)9-5-10-24-18-25(32)14-15-29(24,26)19-21-7-3-2-4-8-21/h2-4,6-8,11-13,16-17,24H,5,9-10,14-15,18-19H2,1H3,(H,31,33)/t24?,29-/m0/s1. The second-order valence-electron chi connectivity index (χ2n) is 9.61. The topological polar surface area (TPSA) is 59.1 Å². The van der Waals surface area contributed by atoms with Crippen molar-refractivity contribution in [3.8, 4) is 0 Å². The number of Topliss-reactive ketones (excluding diaryl/α,β-unsaturated/α-hetero) is 1. The smallest absolute Gasteiger partial charge is 0.255 e. The molecule has 2 atom stereocenters. The average Bonchev–Trinajstić information content (AvgIpc) is 2.97. The van der Waals surface area contributed by atoms with Crippen molar-refractivity contribution in [2.45, 2.75) is 57.3 Å². The van der Waals surface area contributed by atoms with Crippen LogP contribution < -0.4 is 5.32 Å². The van der Waals surface area contributed by atoms with E-state index in [0.29, 0.717) is 30.1 Å². The van der Waals surface area contributed by atoms with E-state index in [2.05, 4.69) is 52.8 Å². The number of benzene rings is 2. The van der Waals surface area contributed by atoms with E-state index in [1.165, 1.54) is 16.7 Å². The molecule has 1 fully saturated rings. The van der Waals surface area contributed by atoms with E-state index in [0.717, 1.165) is 43.5 Å². The number of anilines is 1. The Kier molecular flexibility index (Phi) is 5.84. The molecule has 1 amide bonds. The second kappa shape index (κ2) is 8.93. The van der Waals surface area contributed by atoms with Gasteiger partial charge in [0.05, 0.1) is 11.4 Å². The maximum absolute atomic E-state index is 13.1. The fraction of sp³-hybridized carbons (Fsp3) is 0.345. The number of carbonyl (C=O) groups is 2. The molecule has 168 valence electrons. The first kappa shape index (κ1) is 21.6. The summed E-state index contributed by atoms with van der Waals surface area (Å²) in [5, 5.41) is 3.01. The fourth-order valence-electron chi connectivity index (χ4n) is 5.94. The number of nitrogens with one attached hydrogen (secondary N) is 1. The molecule has 5 rings (SSSR count). The number of ketones is 1. The van der Waals surface area contributed by atoms with Crippen molar-refractivity contribution in [3.63, 3.8) is 0 Å². The number of rotatable bonds is 4. The van der Waals surface area contributed by atoms with E-state index in [9.17, 15) is 9.59 Å². The van der Waals surface area contributed by atoms with Crippen LogP contribution in [0.1, 0.15) is 64.8 Å². The summed E-state index contributed by atoms with van der Waals surface area (Å²) >= 11 is 0. The normalized spacial score (nSPS) is 22.1. The van der Waals surface area contributed by atoms with Crippen LogP contribution in [0.3, 0.4) is 0 Å². The summed E-state index contributed by atoms with van der Waals surface area (Å²) in [6.07, 6.45) is 7.94. The minimum atomic E-state index is -0.106. The van der Waals surface area contributed by atoms with Gasteiger partial charge in [0.1, 0.15) is 5.78 Å². The number of hydrogen-bond donors (Lipinski definition) is 1. The van der Waals surface area contributed by atoms with Gasteiger partial charge in [-0.2, -0.15) is 0 Å². The van der Waals surface area contributed by atoms with Gasteiger partial charge in [0.2, 0.25) is 0 Å². The van der Waals surface area contributed by atoms with Gasteiger partial charge in [0, 0.05) is 30.0 Å². The molecule has 4 heteroatoms. The summed E-state index contributed by atoms with van der Waals surface area (Å²) in [7, 11) is 0. The van der Waals surface area contributed by atoms with Gasteiger partial charge in [-0.05, 0) is 85.9 Å². The van der Waals surface area contributed by atoms with Crippen LogP contribution in [-0.2, 0) is 23.1 Å². The molecule has 0 bridgehead atoms.